The summed E-state index contributed by atoms with van der Waals surface area (Å²) in [6, 6.07) is 16.3. The Bertz CT molecular complexity index is 654. The summed E-state index contributed by atoms with van der Waals surface area (Å²) in [4.78, 5) is 0.652. The fourth-order valence-corrected chi connectivity index (χ4v) is 2.78. The van der Waals surface area contributed by atoms with Crippen LogP contribution in [0.1, 0.15) is 6.92 Å². The minimum Gasteiger partial charge on any atom is -0.497 e. The van der Waals surface area contributed by atoms with Crippen LogP contribution in [0.4, 0.5) is 0 Å². The smallest absolute Gasteiger partial charge is 0.238 e. The summed E-state index contributed by atoms with van der Waals surface area (Å²) in [5, 5.41) is 0. The molecule has 0 saturated carbocycles. The lowest BCUT2D eigenvalue weighted by Gasteiger charge is -2.14. The van der Waals surface area contributed by atoms with Crippen LogP contribution in [-0.2, 0) is 10.8 Å². The van der Waals surface area contributed by atoms with Gasteiger partial charge in [0.1, 0.15) is 22.3 Å². The fraction of sp³-hybridized carbons (Fsp3) is 0.176. The highest BCUT2D eigenvalue weighted by molar-refractivity contribution is 7.85. The van der Waals surface area contributed by atoms with E-state index in [0.717, 1.165) is 5.75 Å². The van der Waals surface area contributed by atoms with Crippen molar-refractivity contribution in [2.75, 3.05) is 7.11 Å². The van der Waals surface area contributed by atoms with Crippen molar-refractivity contribution >= 4 is 10.8 Å². The first kappa shape index (κ1) is 15.1. The van der Waals surface area contributed by atoms with Crippen LogP contribution in [0.15, 0.2) is 59.5 Å². The zero-order valence-corrected chi connectivity index (χ0v) is 12.7. The van der Waals surface area contributed by atoms with Crippen molar-refractivity contribution < 1.29 is 13.7 Å². The highest BCUT2D eigenvalue weighted by Gasteiger charge is 2.18. The van der Waals surface area contributed by atoms with Crippen LogP contribution in [-0.4, -0.2) is 16.8 Å². The van der Waals surface area contributed by atoms with E-state index in [1.807, 2.05) is 30.3 Å². The Balaban J connectivity index is 2.20. The number of ether oxygens (including phenoxy) is 2. The van der Waals surface area contributed by atoms with Crippen molar-refractivity contribution in [2.24, 2.45) is 0 Å². The molecule has 0 fully saturated rings. The molecule has 0 N–H and O–H groups in total. The second-order valence-corrected chi connectivity index (χ2v) is 5.62. The van der Waals surface area contributed by atoms with E-state index in [-0.39, 0.29) is 0 Å². The molecule has 2 rings (SSSR count). The van der Waals surface area contributed by atoms with Crippen LogP contribution in [0.5, 0.6) is 11.5 Å². The van der Waals surface area contributed by atoms with Gasteiger partial charge in [-0.1, -0.05) is 18.2 Å². The van der Waals surface area contributed by atoms with Gasteiger partial charge in [-0.05, 0) is 49.2 Å². The molecule has 108 valence electrons. The average molecular weight is 300 g/mol. The van der Waals surface area contributed by atoms with E-state index < -0.39 is 16.2 Å². The maximum Gasteiger partial charge on any atom is 0.238 e. The highest BCUT2D eigenvalue weighted by Crippen LogP contribution is 2.19. The van der Waals surface area contributed by atoms with E-state index in [9.17, 15) is 4.21 Å². The molecule has 3 nitrogen and oxygen atoms in total. The van der Waals surface area contributed by atoms with Gasteiger partial charge >= 0.3 is 0 Å². The van der Waals surface area contributed by atoms with Gasteiger partial charge in [0.15, 0.2) is 0 Å². The molecule has 0 spiro atoms. The molecule has 0 heterocycles. The molecule has 0 aromatic heterocycles. The first-order valence-electron chi connectivity index (χ1n) is 6.43. The molecule has 2 atom stereocenters. The van der Waals surface area contributed by atoms with Crippen LogP contribution >= 0.6 is 0 Å². The zero-order valence-electron chi connectivity index (χ0n) is 11.9. The minimum atomic E-state index is -1.38. The molecule has 4 heteroatoms. The topological polar surface area (TPSA) is 35.5 Å². The summed E-state index contributed by atoms with van der Waals surface area (Å²) in [6.45, 7) is 1.70. The maximum atomic E-state index is 12.6. The predicted octanol–water partition coefficient (Wildman–Crippen LogP) is 3.23. The molecule has 0 radical (unpaired) electrons. The average Bonchev–Trinajstić information content (AvgIpc) is 2.55. The molecule has 0 bridgehead atoms. The Morgan fingerprint density at radius 2 is 1.67 bits per heavy atom. The second-order valence-electron chi connectivity index (χ2n) is 4.13. The first-order chi connectivity index (χ1) is 10.2. The molecule has 0 aliphatic carbocycles. The molecule has 0 amide bonds. The largest absolute Gasteiger partial charge is 0.497 e. The van der Waals surface area contributed by atoms with Gasteiger partial charge in [-0.25, -0.2) is 4.21 Å². The van der Waals surface area contributed by atoms with Gasteiger partial charge in [0.05, 0.1) is 7.11 Å². The Hall–Kier alpha value is -2.25. The van der Waals surface area contributed by atoms with Gasteiger partial charge in [0.2, 0.25) is 5.44 Å². The molecule has 2 aromatic rings. The van der Waals surface area contributed by atoms with E-state index in [1.165, 1.54) is 0 Å². The first-order valence-corrected chi connectivity index (χ1v) is 7.64. The number of hydrogen-bond donors (Lipinski definition) is 0. The molecule has 0 saturated heterocycles. The van der Waals surface area contributed by atoms with Gasteiger partial charge in [-0.15, -0.1) is 5.92 Å². The van der Waals surface area contributed by atoms with Crippen LogP contribution < -0.4 is 9.47 Å². The fourth-order valence-electron chi connectivity index (χ4n) is 1.70. The number of methoxy groups -OCH3 is 1. The molecule has 0 aliphatic rings. The van der Waals surface area contributed by atoms with E-state index in [4.69, 9.17) is 9.47 Å². The van der Waals surface area contributed by atoms with Gasteiger partial charge in [0, 0.05) is 4.90 Å². The van der Waals surface area contributed by atoms with Crippen molar-refractivity contribution in [3.8, 4) is 23.3 Å². The number of hydrogen-bond acceptors (Lipinski definition) is 3. The van der Waals surface area contributed by atoms with Crippen molar-refractivity contribution in [1.82, 2.24) is 0 Å². The standard InChI is InChI=1S/C17H16O3S/c1-3-7-17(20-15-8-5-4-6-9-15)21(18)16-12-10-14(19-2)11-13-16/h4-6,8-13,17H,1-2H3. The van der Waals surface area contributed by atoms with E-state index in [1.54, 1.807) is 38.3 Å². The molecular formula is C17H16O3S. The predicted molar refractivity (Wildman–Crippen MR) is 83.7 cm³/mol. The van der Waals surface area contributed by atoms with Crippen LogP contribution in [0.3, 0.4) is 0 Å². The lowest BCUT2D eigenvalue weighted by molar-refractivity contribution is 0.333. The van der Waals surface area contributed by atoms with Crippen molar-refractivity contribution in [3.63, 3.8) is 0 Å². The summed E-state index contributed by atoms with van der Waals surface area (Å²) in [5.41, 5.74) is -0.703. The van der Waals surface area contributed by atoms with Crippen LogP contribution in [0.2, 0.25) is 0 Å². The minimum absolute atomic E-state index is 0.645. The highest BCUT2D eigenvalue weighted by atomic mass is 32.2. The summed E-state index contributed by atoms with van der Waals surface area (Å²) in [7, 11) is 0.210. The molecule has 0 aliphatic heterocycles. The molecule has 2 aromatic carbocycles. The summed E-state index contributed by atoms with van der Waals surface area (Å²) >= 11 is 0. The van der Waals surface area contributed by atoms with Crippen molar-refractivity contribution in [2.45, 2.75) is 17.3 Å². The Morgan fingerprint density at radius 1 is 1.00 bits per heavy atom. The number of para-hydroxylation sites is 1. The third-order valence-electron chi connectivity index (χ3n) is 2.73. The third-order valence-corrected chi connectivity index (χ3v) is 4.07. The number of benzene rings is 2. The van der Waals surface area contributed by atoms with Gasteiger partial charge in [0.25, 0.3) is 0 Å². The van der Waals surface area contributed by atoms with Crippen LogP contribution in [0, 0.1) is 11.8 Å². The maximum absolute atomic E-state index is 12.6. The van der Waals surface area contributed by atoms with Gasteiger partial charge in [-0.2, -0.15) is 0 Å². The quantitative estimate of drug-likeness (QED) is 0.795. The van der Waals surface area contributed by atoms with E-state index >= 15 is 0 Å². The van der Waals surface area contributed by atoms with Gasteiger partial charge < -0.3 is 9.47 Å². The lowest BCUT2D eigenvalue weighted by Crippen LogP contribution is -2.20. The molecular weight excluding hydrogens is 284 g/mol. The molecule has 21 heavy (non-hydrogen) atoms. The Morgan fingerprint density at radius 3 is 2.24 bits per heavy atom. The van der Waals surface area contributed by atoms with E-state index in [0.29, 0.717) is 10.6 Å². The SMILES string of the molecule is CC#CC(Oc1ccccc1)S(=O)c1ccc(OC)cc1. The molecule has 2 unspecified atom stereocenters. The Kier molecular flexibility index (Phi) is 5.42. The summed E-state index contributed by atoms with van der Waals surface area (Å²) in [6.07, 6.45) is 0. The third kappa shape index (κ3) is 4.11. The van der Waals surface area contributed by atoms with E-state index in [2.05, 4.69) is 11.8 Å². The van der Waals surface area contributed by atoms with Crippen LogP contribution in [0.25, 0.3) is 0 Å². The van der Waals surface area contributed by atoms with Crippen molar-refractivity contribution in [1.29, 1.82) is 0 Å². The second kappa shape index (κ2) is 7.51. The van der Waals surface area contributed by atoms with Crippen molar-refractivity contribution in [3.05, 3.63) is 54.6 Å². The van der Waals surface area contributed by atoms with Gasteiger partial charge in [-0.3, -0.25) is 0 Å². The Labute approximate surface area is 127 Å². The number of rotatable bonds is 5. The zero-order chi connectivity index (χ0) is 15.1. The normalized spacial score (nSPS) is 12.7. The monoisotopic (exact) mass is 300 g/mol. The summed E-state index contributed by atoms with van der Waals surface area (Å²) in [5.74, 6) is 6.99. The lowest BCUT2D eigenvalue weighted by atomic mass is 10.3. The summed E-state index contributed by atoms with van der Waals surface area (Å²) < 4.78 is 23.4.